The molecule has 4 rings (SSSR count). The second-order valence-electron chi connectivity index (χ2n) is 6.30. The van der Waals surface area contributed by atoms with Gasteiger partial charge in [-0.05, 0) is 58.5 Å². The van der Waals surface area contributed by atoms with E-state index in [0.717, 1.165) is 23.0 Å². The van der Waals surface area contributed by atoms with Crippen molar-refractivity contribution >= 4 is 45.6 Å². The molecule has 0 atom stereocenters. The van der Waals surface area contributed by atoms with E-state index < -0.39 is 0 Å². The number of hydrogen-bond donors (Lipinski definition) is 1. The predicted molar refractivity (Wildman–Crippen MR) is 119 cm³/mol. The molecule has 0 unspecified atom stereocenters. The fraction of sp³-hybridized carbons (Fsp3) is 0.0455. The van der Waals surface area contributed by atoms with Gasteiger partial charge in [0.05, 0.1) is 11.8 Å². The van der Waals surface area contributed by atoms with Crippen LogP contribution in [0.15, 0.2) is 84.4 Å². The molecule has 2 heterocycles. The Morgan fingerprint density at radius 1 is 1.11 bits per heavy atom. The molecule has 0 saturated heterocycles. The van der Waals surface area contributed by atoms with Gasteiger partial charge in [0.2, 0.25) is 0 Å². The molecule has 0 bridgehead atoms. The minimum Gasteiger partial charge on any atom is -0.342 e. The van der Waals surface area contributed by atoms with Crippen LogP contribution in [0.25, 0.3) is 10.9 Å². The van der Waals surface area contributed by atoms with Gasteiger partial charge in [0.1, 0.15) is 0 Å². The molecular weight excluding hydrogens is 463 g/mol. The Bertz CT molecular complexity index is 1130. The monoisotopic (exact) mass is 480 g/mol. The molecule has 2 aromatic heterocycles. The number of rotatable bonds is 5. The molecule has 0 spiro atoms. The lowest BCUT2D eigenvalue weighted by Crippen LogP contribution is -2.17. The first kappa shape index (κ1) is 18.4. The number of para-hydroxylation sites is 1. The summed E-state index contributed by atoms with van der Waals surface area (Å²) in [6, 6.07) is 20.1. The van der Waals surface area contributed by atoms with E-state index in [1.54, 1.807) is 24.5 Å². The van der Waals surface area contributed by atoms with E-state index in [1.807, 2.05) is 12.1 Å². The molecule has 6 heteroatoms. The van der Waals surface area contributed by atoms with E-state index in [2.05, 4.69) is 85.3 Å². The van der Waals surface area contributed by atoms with Gasteiger partial charge in [0.25, 0.3) is 5.91 Å². The normalized spacial score (nSPS) is 11.2. The van der Waals surface area contributed by atoms with Crippen molar-refractivity contribution in [1.82, 2.24) is 15.0 Å². The van der Waals surface area contributed by atoms with Crippen molar-refractivity contribution in [1.29, 1.82) is 0 Å². The molecule has 2 aromatic carbocycles. The Hall–Kier alpha value is -3.00. The fourth-order valence-corrected chi connectivity index (χ4v) is 3.38. The van der Waals surface area contributed by atoms with E-state index >= 15 is 0 Å². The van der Waals surface area contributed by atoms with E-state index in [1.165, 1.54) is 15.3 Å². The highest BCUT2D eigenvalue weighted by atomic mass is 127. The third-order valence-corrected chi connectivity index (χ3v) is 5.10. The Morgan fingerprint density at radius 3 is 2.71 bits per heavy atom. The molecule has 0 aliphatic rings. The number of nitrogens with one attached hydrogen (secondary N) is 1. The second-order valence-corrected chi connectivity index (χ2v) is 7.54. The van der Waals surface area contributed by atoms with Crippen molar-refractivity contribution in [2.45, 2.75) is 6.54 Å². The van der Waals surface area contributed by atoms with Crippen LogP contribution in [0.1, 0.15) is 21.5 Å². The molecule has 0 fully saturated rings. The van der Waals surface area contributed by atoms with Gasteiger partial charge >= 0.3 is 0 Å². The quantitative estimate of drug-likeness (QED) is 0.261. The third-order valence-electron chi connectivity index (χ3n) is 4.38. The summed E-state index contributed by atoms with van der Waals surface area (Å²) in [5.41, 5.74) is 6.34. The standard InChI is InChI=1S/C22H17IN4O/c23-19-9-7-16(8-10-19)14-27-15-18(20-5-1-2-6-21(20)27)13-25-26-22(28)17-4-3-11-24-12-17/h1-13,15H,14H2,(H,26,28)/b25-13-. The van der Waals surface area contributed by atoms with E-state index in [4.69, 9.17) is 0 Å². The van der Waals surface area contributed by atoms with Crippen molar-refractivity contribution in [2.75, 3.05) is 0 Å². The van der Waals surface area contributed by atoms with Crippen molar-refractivity contribution in [3.8, 4) is 0 Å². The average Bonchev–Trinajstić information content (AvgIpc) is 3.08. The molecule has 0 radical (unpaired) electrons. The topological polar surface area (TPSA) is 59.3 Å². The Morgan fingerprint density at radius 2 is 1.93 bits per heavy atom. The van der Waals surface area contributed by atoms with Crippen molar-refractivity contribution in [3.63, 3.8) is 0 Å². The molecule has 0 aliphatic heterocycles. The Balaban J connectivity index is 1.57. The number of pyridine rings is 1. The molecule has 0 saturated carbocycles. The van der Waals surface area contributed by atoms with Crippen LogP contribution in [0.4, 0.5) is 0 Å². The number of benzene rings is 2. The van der Waals surface area contributed by atoms with Crippen molar-refractivity contribution < 1.29 is 4.79 Å². The second kappa shape index (κ2) is 8.35. The molecule has 5 nitrogen and oxygen atoms in total. The smallest absolute Gasteiger partial charge is 0.272 e. The predicted octanol–water partition coefficient (Wildman–Crippen LogP) is 4.45. The number of carbonyl (C=O) groups excluding carboxylic acids is 1. The Kier molecular flexibility index (Phi) is 5.48. The lowest BCUT2D eigenvalue weighted by molar-refractivity contribution is 0.0955. The van der Waals surface area contributed by atoms with E-state index in [-0.39, 0.29) is 5.91 Å². The van der Waals surface area contributed by atoms with Gasteiger partial charge in [-0.15, -0.1) is 0 Å². The number of nitrogens with zero attached hydrogens (tertiary/aromatic N) is 3. The number of halogens is 1. The molecule has 1 N–H and O–H groups in total. The maximum atomic E-state index is 12.1. The lowest BCUT2D eigenvalue weighted by atomic mass is 10.2. The van der Waals surface area contributed by atoms with Crippen molar-refractivity contribution in [3.05, 3.63) is 99.5 Å². The minimum absolute atomic E-state index is 0.285. The molecule has 0 aliphatic carbocycles. The number of carbonyl (C=O) groups is 1. The highest BCUT2D eigenvalue weighted by Crippen LogP contribution is 2.21. The van der Waals surface area contributed by atoms with Crippen LogP contribution in [0.5, 0.6) is 0 Å². The summed E-state index contributed by atoms with van der Waals surface area (Å²) in [6.07, 6.45) is 6.88. The van der Waals surface area contributed by atoms with Gasteiger partial charge in [-0.25, -0.2) is 5.43 Å². The maximum absolute atomic E-state index is 12.1. The molecule has 138 valence electrons. The van der Waals surface area contributed by atoms with Crippen LogP contribution in [-0.4, -0.2) is 21.7 Å². The fourth-order valence-electron chi connectivity index (χ4n) is 3.02. The van der Waals surface area contributed by atoms with Gasteiger partial charge in [-0.2, -0.15) is 5.10 Å². The molecule has 1 amide bonds. The lowest BCUT2D eigenvalue weighted by Gasteiger charge is -2.05. The zero-order chi connectivity index (χ0) is 19.3. The Labute approximate surface area is 176 Å². The first-order valence-corrected chi connectivity index (χ1v) is 9.84. The van der Waals surface area contributed by atoms with E-state index in [9.17, 15) is 4.79 Å². The molecular formula is C22H17IN4O. The molecule has 4 aromatic rings. The van der Waals surface area contributed by atoms with Crippen LogP contribution in [0.3, 0.4) is 0 Å². The summed E-state index contributed by atoms with van der Waals surface area (Å²) in [7, 11) is 0. The summed E-state index contributed by atoms with van der Waals surface area (Å²) >= 11 is 2.31. The van der Waals surface area contributed by atoms with Gasteiger partial charge in [-0.1, -0.05) is 30.3 Å². The summed E-state index contributed by atoms with van der Waals surface area (Å²) in [6.45, 7) is 0.771. The summed E-state index contributed by atoms with van der Waals surface area (Å²) in [5, 5.41) is 5.22. The maximum Gasteiger partial charge on any atom is 0.272 e. The van der Waals surface area contributed by atoms with Crippen LogP contribution >= 0.6 is 22.6 Å². The van der Waals surface area contributed by atoms with Gasteiger partial charge < -0.3 is 4.57 Å². The summed E-state index contributed by atoms with van der Waals surface area (Å²) in [5.74, 6) is -0.285. The first-order chi connectivity index (χ1) is 13.7. The zero-order valence-corrected chi connectivity index (χ0v) is 17.1. The number of amides is 1. The number of hydrazone groups is 1. The third kappa shape index (κ3) is 4.12. The average molecular weight is 480 g/mol. The number of aromatic nitrogens is 2. The largest absolute Gasteiger partial charge is 0.342 e. The summed E-state index contributed by atoms with van der Waals surface area (Å²) < 4.78 is 3.41. The number of fused-ring (bicyclic) bond motifs is 1. The highest BCUT2D eigenvalue weighted by Gasteiger charge is 2.08. The zero-order valence-electron chi connectivity index (χ0n) is 14.9. The van der Waals surface area contributed by atoms with E-state index in [0.29, 0.717) is 5.56 Å². The van der Waals surface area contributed by atoms with Gasteiger partial charge in [0, 0.05) is 45.2 Å². The van der Waals surface area contributed by atoms with Crippen LogP contribution < -0.4 is 5.43 Å². The number of hydrogen-bond acceptors (Lipinski definition) is 3. The highest BCUT2D eigenvalue weighted by molar-refractivity contribution is 14.1. The van der Waals surface area contributed by atoms with Crippen molar-refractivity contribution in [2.24, 2.45) is 5.10 Å². The van der Waals surface area contributed by atoms with Crippen LogP contribution in [-0.2, 0) is 6.54 Å². The van der Waals surface area contributed by atoms with Gasteiger partial charge in [-0.3, -0.25) is 9.78 Å². The van der Waals surface area contributed by atoms with Gasteiger partial charge in [0.15, 0.2) is 0 Å². The SMILES string of the molecule is O=C(N/N=C\c1cn(Cc2ccc(I)cc2)c2ccccc12)c1cccnc1. The first-order valence-electron chi connectivity index (χ1n) is 8.76. The summed E-state index contributed by atoms with van der Waals surface area (Å²) in [4.78, 5) is 16.0. The minimum atomic E-state index is -0.285. The van der Waals surface area contributed by atoms with Crippen LogP contribution in [0.2, 0.25) is 0 Å². The van der Waals surface area contributed by atoms with Crippen LogP contribution in [0, 0.1) is 3.57 Å². The molecule has 28 heavy (non-hydrogen) atoms.